The topological polar surface area (TPSA) is 29.3 Å². The van der Waals surface area contributed by atoms with Gasteiger partial charge < -0.3 is 5.32 Å². The Morgan fingerprint density at radius 3 is 3.20 bits per heavy atom. The molecule has 1 fully saturated rings. The number of hydrogen-bond acceptors (Lipinski definition) is 3. The summed E-state index contributed by atoms with van der Waals surface area (Å²) in [5.41, 5.74) is 2.48. The molecule has 1 N–H and O–H groups in total. The van der Waals surface area contributed by atoms with Gasteiger partial charge in [-0.05, 0) is 19.8 Å². The van der Waals surface area contributed by atoms with Crippen LogP contribution < -0.4 is 5.32 Å². The average Bonchev–Trinajstić information content (AvgIpc) is 2.65. The third-order valence-electron chi connectivity index (χ3n) is 3.22. The summed E-state index contributed by atoms with van der Waals surface area (Å²) in [5.74, 6) is 0. The van der Waals surface area contributed by atoms with Crippen molar-refractivity contribution in [2.24, 2.45) is 0 Å². The Balaban J connectivity index is 1.81. The lowest BCUT2D eigenvalue weighted by molar-refractivity contribution is 0.336. The number of hydrogen-bond donors (Lipinski definition) is 1. The van der Waals surface area contributed by atoms with Crippen molar-refractivity contribution in [2.75, 3.05) is 0 Å². The van der Waals surface area contributed by atoms with Gasteiger partial charge in [0.15, 0.2) is 4.96 Å². The van der Waals surface area contributed by atoms with Crippen molar-refractivity contribution in [3.05, 3.63) is 23.0 Å². The van der Waals surface area contributed by atoms with E-state index >= 15 is 0 Å². The summed E-state index contributed by atoms with van der Waals surface area (Å²) in [4.78, 5) is 5.65. The number of nitrogens with one attached hydrogen (secondary N) is 1. The number of aromatic nitrogens is 2. The van der Waals surface area contributed by atoms with E-state index in [1.54, 1.807) is 11.3 Å². The Bertz CT molecular complexity index is 467. The maximum Gasteiger partial charge on any atom is 0.194 e. The zero-order valence-electron chi connectivity index (χ0n) is 8.86. The molecule has 2 aromatic heterocycles. The van der Waals surface area contributed by atoms with Crippen LogP contribution in [0.15, 0.2) is 11.6 Å². The van der Waals surface area contributed by atoms with E-state index in [0.29, 0.717) is 0 Å². The Kier molecular flexibility index (Phi) is 2.25. The molecular formula is C11H15N3S. The van der Waals surface area contributed by atoms with Gasteiger partial charge in [0.25, 0.3) is 0 Å². The molecule has 0 bridgehead atoms. The van der Waals surface area contributed by atoms with Crippen LogP contribution in [-0.2, 0) is 6.54 Å². The third kappa shape index (κ3) is 1.58. The Morgan fingerprint density at radius 1 is 1.60 bits per heavy atom. The molecule has 3 rings (SSSR count). The lowest BCUT2D eigenvalue weighted by Crippen LogP contribution is -2.34. The molecule has 0 spiro atoms. The molecule has 0 amide bonds. The molecule has 0 aromatic carbocycles. The number of imidazole rings is 1. The second kappa shape index (κ2) is 3.61. The molecule has 0 aliphatic heterocycles. The summed E-state index contributed by atoms with van der Waals surface area (Å²) in [6.07, 6.45) is 6.17. The highest BCUT2D eigenvalue weighted by molar-refractivity contribution is 7.15. The maximum absolute atomic E-state index is 4.54. The molecule has 0 radical (unpaired) electrons. The SMILES string of the molecule is Cc1nc2sccn2c1CNC1CCC1. The number of fused-ring (bicyclic) bond motifs is 1. The van der Waals surface area contributed by atoms with Crippen LogP contribution in [0.1, 0.15) is 30.7 Å². The molecule has 15 heavy (non-hydrogen) atoms. The zero-order valence-corrected chi connectivity index (χ0v) is 9.68. The van der Waals surface area contributed by atoms with E-state index in [0.717, 1.165) is 23.2 Å². The highest BCUT2D eigenvalue weighted by atomic mass is 32.1. The van der Waals surface area contributed by atoms with Crippen molar-refractivity contribution >= 4 is 16.3 Å². The number of thiazole rings is 1. The molecule has 80 valence electrons. The molecular weight excluding hydrogens is 206 g/mol. The molecule has 2 aromatic rings. The van der Waals surface area contributed by atoms with E-state index in [4.69, 9.17) is 0 Å². The van der Waals surface area contributed by atoms with Crippen molar-refractivity contribution in [1.82, 2.24) is 14.7 Å². The number of nitrogens with zero attached hydrogens (tertiary/aromatic N) is 2. The molecule has 3 nitrogen and oxygen atoms in total. The van der Waals surface area contributed by atoms with Gasteiger partial charge in [0.1, 0.15) is 0 Å². The quantitative estimate of drug-likeness (QED) is 0.862. The van der Waals surface area contributed by atoms with Gasteiger partial charge in [0, 0.05) is 24.2 Å². The van der Waals surface area contributed by atoms with Crippen LogP contribution in [0.3, 0.4) is 0 Å². The molecule has 1 aliphatic rings. The van der Waals surface area contributed by atoms with Crippen molar-refractivity contribution in [3.63, 3.8) is 0 Å². The minimum absolute atomic E-state index is 0.744. The standard InChI is InChI=1S/C11H15N3S/c1-8-10(7-12-9-3-2-4-9)14-5-6-15-11(14)13-8/h5-6,9,12H,2-4,7H2,1H3. The van der Waals surface area contributed by atoms with Crippen LogP contribution in [-0.4, -0.2) is 15.4 Å². The molecule has 2 heterocycles. The van der Waals surface area contributed by atoms with E-state index < -0.39 is 0 Å². The molecule has 1 saturated carbocycles. The normalized spacial score (nSPS) is 17.1. The predicted molar refractivity (Wildman–Crippen MR) is 62.3 cm³/mol. The molecule has 4 heteroatoms. The van der Waals surface area contributed by atoms with Gasteiger partial charge in [-0.15, -0.1) is 11.3 Å². The fourth-order valence-corrected chi connectivity index (χ4v) is 2.79. The van der Waals surface area contributed by atoms with Gasteiger partial charge in [-0.1, -0.05) is 6.42 Å². The lowest BCUT2D eigenvalue weighted by Gasteiger charge is -2.26. The first kappa shape index (κ1) is 9.36. The number of rotatable bonds is 3. The first-order chi connectivity index (χ1) is 7.34. The first-order valence-corrected chi connectivity index (χ1v) is 6.37. The van der Waals surface area contributed by atoms with Gasteiger partial charge in [0.2, 0.25) is 0 Å². The van der Waals surface area contributed by atoms with Crippen LogP contribution in [0.5, 0.6) is 0 Å². The van der Waals surface area contributed by atoms with Crippen molar-refractivity contribution in [1.29, 1.82) is 0 Å². The highest BCUT2D eigenvalue weighted by Crippen LogP contribution is 2.20. The van der Waals surface area contributed by atoms with Crippen LogP contribution >= 0.6 is 11.3 Å². The minimum atomic E-state index is 0.744. The molecule has 0 atom stereocenters. The second-order valence-corrected chi connectivity index (χ2v) is 5.08. The second-order valence-electron chi connectivity index (χ2n) is 4.21. The summed E-state index contributed by atoms with van der Waals surface area (Å²) < 4.78 is 2.20. The summed E-state index contributed by atoms with van der Waals surface area (Å²) in [5, 5.41) is 5.68. The molecule has 0 saturated heterocycles. The maximum atomic E-state index is 4.54. The largest absolute Gasteiger partial charge is 0.308 e. The molecule has 0 unspecified atom stereocenters. The van der Waals surface area contributed by atoms with Crippen LogP contribution in [0.2, 0.25) is 0 Å². The van der Waals surface area contributed by atoms with Crippen molar-refractivity contribution in [2.45, 2.75) is 38.8 Å². The van der Waals surface area contributed by atoms with E-state index in [2.05, 4.69) is 33.2 Å². The van der Waals surface area contributed by atoms with Gasteiger partial charge >= 0.3 is 0 Å². The average molecular weight is 221 g/mol. The predicted octanol–water partition coefficient (Wildman–Crippen LogP) is 2.35. The Labute approximate surface area is 93.1 Å². The monoisotopic (exact) mass is 221 g/mol. The number of aryl methyl sites for hydroxylation is 1. The van der Waals surface area contributed by atoms with Gasteiger partial charge in [-0.2, -0.15) is 0 Å². The van der Waals surface area contributed by atoms with E-state index in [9.17, 15) is 0 Å². The smallest absolute Gasteiger partial charge is 0.194 e. The molecule has 1 aliphatic carbocycles. The Hall–Kier alpha value is -0.870. The van der Waals surface area contributed by atoms with Gasteiger partial charge in [-0.25, -0.2) is 4.98 Å². The fourth-order valence-electron chi connectivity index (χ4n) is 2.01. The van der Waals surface area contributed by atoms with Gasteiger partial charge in [-0.3, -0.25) is 4.40 Å². The van der Waals surface area contributed by atoms with E-state index in [1.807, 2.05) is 0 Å². The zero-order chi connectivity index (χ0) is 10.3. The highest BCUT2D eigenvalue weighted by Gasteiger charge is 2.17. The summed E-state index contributed by atoms with van der Waals surface area (Å²) >= 11 is 1.70. The third-order valence-corrected chi connectivity index (χ3v) is 3.98. The van der Waals surface area contributed by atoms with E-state index in [1.165, 1.54) is 25.0 Å². The summed E-state index contributed by atoms with van der Waals surface area (Å²) in [6.45, 7) is 3.05. The van der Waals surface area contributed by atoms with E-state index in [-0.39, 0.29) is 0 Å². The minimum Gasteiger partial charge on any atom is -0.308 e. The van der Waals surface area contributed by atoms with Crippen LogP contribution in [0.25, 0.3) is 4.96 Å². The Morgan fingerprint density at radius 2 is 2.47 bits per heavy atom. The van der Waals surface area contributed by atoms with Crippen LogP contribution in [0.4, 0.5) is 0 Å². The fraction of sp³-hybridized carbons (Fsp3) is 0.545. The van der Waals surface area contributed by atoms with Gasteiger partial charge in [0.05, 0.1) is 11.4 Å². The van der Waals surface area contributed by atoms with Crippen molar-refractivity contribution < 1.29 is 0 Å². The van der Waals surface area contributed by atoms with Crippen LogP contribution in [0, 0.1) is 6.92 Å². The lowest BCUT2D eigenvalue weighted by atomic mass is 9.93. The first-order valence-electron chi connectivity index (χ1n) is 5.49. The summed E-state index contributed by atoms with van der Waals surface area (Å²) in [7, 11) is 0. The van der Waals surface area contributed by atoms with Crippen molar-refractivity contribution in [3.8, 4) is 0 Å². The summed E-state index contributed by atoms with van der Waals surface area (Å²) in [6, 6.07) is 0.744.